The quantitative estimate of drug-likeness (QED) is 0.496. The SMILES string of the molecule is C=C=C(NC)C1=CC2=CCC(c3ccccc3-c3ccc(C)cc3C)=C(CC)N2C=C1F.[HH]. The van der Waals surface area contributed by atoms with E-state index in [0.29, 0.717) is 11.3 Å². The Kier molecular flexibility index (Phi) is 6.03. The summed E-state index contributed by atoms with van der Waals surface area (Å²) in [6, 6.07) is 15.1. The Morgan fingerprint density at radius 1 is 1.16 bits per heavy atom. The van der Waals surface area contributed by atoms with E-state index >= 15 is 4.39 Å². The lowest BCUT2D eigenvalue weighted by atomic mass is 9.87. The summed E-state index contributed by atoms with van der Waals surface area (Å²) in [4.78, 5) is 1.99. The van der Waals surface area contributed by atoms with Crippen molar-refractivity contribution >= 4 is 5.57 Å². The molecule has 2 aromatic rings. The van der Waals surface area contributed by atoms with Crippen LogP contribution >= 0.6 is 0 Å². The minimum Gasteiger partial charge on any atom is -0.381 e. The molecule has 0 aliphatic carbocycles. The maximum atomic E-state index is 15.1. The minimum absolute atomic E-state index is 0. The molecule has 0 aromatic heterocycles. The van der Waals surface area contributed by atoms with Crippen molar-refractivity contribution in [3.63, 3.8) is 0 Å². The average molecular weight is 427 g/mol. The van der Waals surface area contributed by atoms with E-state index in [2.05, 4.69) is 86.9 Å². The van der Waals surface area contributed by atoms with Crippen molar-refractivity contribution in [2.75, 3.05) is 7.05 Å². The maximum Gasteiger partial charge on any atom is 0.149 e. The van der Waals surface area contributed by atoms with Crippen molar-refractivity contribution < 1.29 is 5.82 Å². The van der Waals surface area contributed by atoms with E-state index in [0.717, 1.165) is 24.2 Å². The van der Waals surface area contributed by atoms with Gasteiger partial charge in [0, 0.05) is 31.6 Å². The predicted octanol–water partition coefficient (Wildman–Crippen LogP) is 7.57. The van der Waals surface area contributed by atoms with Gasteiger partial charge in [0.1, 0.15) is 5.83 Å². The third-order valence-corrected chi connectivity index (χ3v) is 6.18. The highest BCUT2D eigenvalue weighted by Gasteiger charge is 2.27. The summed E-state index contributed by atoms with van der Waals surface area (Å²) >= 11 is 0. The van der Waals surface area contributed by atoms with Crippen molar-refractivity contribution in [2.45, 2.75) is 33.6 Å². The van der Waals surface area contributed by atoms with E-state index in [-0.39, 0.29) is 7.25 Å². The number of halogens is 1. The zero-order valence-corrected chi connectivity index (χ0v) is 19.2. The van der Waals surface area contributed by atoms with Crippen LogP contribution in [0.5, 0.6) is 0 Å². The van der Waals surface area contributed by atoms with Gasteiger partial charge in [-0.25, -0.2) is 4.39 Å². The molecule has 2 heterocycles. The average Bonchev–Trinajstić information content (AvgIpc) is 2.79. The summed E-state index contributed by atoms with van der Waals surface area (Å²) in [7, 11) is 1.75. The summed E-state index contributed by atoms with van der Waals surface area (Å²) in [5, 5.41) is 2.98. The number of benzene rings is 2. The van der Waals surface area contributed by atoms with Gasteiger partial charge in [0.05, 0.1) is 5.70 Å². The van der Waals surface area contributed by atoms with E-state index < -0.39 is 0 Å². The Balaban J connectivity index is 0.00000306. The van der Waals surface area contributed by atoms with Crippen molar-refractivity contribution in [2.24, 2.45) is 0 Å². The molecule has 0 radical (unpaired) electrons. The van der Waals surface area contributed by atoms with Gasteiger partial charge in [0.2, 0.25) is 0 Å². The van der Waals surface area contributed by atoms with Crippen molar-refractivity contribution in [3.8, 4) is 11.1 Å². The highest BCUT2D eigenvalue weighted by Crippen LogP contribution is 2.42. The summed E-state index contributed by atoms with van der Waals surface area (Å²) in [5.74, 6) is -0.294. The van der Waals surface area contributed by atoms with Crippen LogP contribution in [0, 0.1) is 13.8 Å². The van der Waals surface area contributed by atoms with Crippen LogP contribution in [0.2, 0.25) is 0 Å². The molecule has 1 N–H and O–H groups in total. The summed E-state index contributed by atoms with van der Waals surface area (Å²) in [6.45, 7) is 10.1. The second-order valence-electron chi connectivity index (χ2n) is 8.18. The molecule has 2 aromatic carbocycles. The fourth-order valence-electron chi connectivity index (χ4n) is 4.66. The van der Waals surface area contributed by atoms with Gasteiger partial charge in [0.15, 0.2) is 0 Å². The number of aryl methyl sites for hydroxylation is 2. The van der Waals surface area contributed by atoms with E-state index in [9.17, 15) is 0 Å². The molecule has 0 unspecified atom stereocenters. The second kappa shape index (κ2) is 8.90. The van der Waals surface area contributed by atoms with Crippen LogP contribution in [0.15, 0.2) is 102 Å². The number of likely N-dealkylation sites (N-methyl/N-ethyl adjacent to an activating group) is 1. The van der Waals surface area contributed by atoms with Crippen molar-refractivity contribution in [1.82, 2.24) is 10.2 Å². The summed E-state index contributed by atoms with van der Waals surface area (Å²) in [6.07, 6.45) is 7.24. The van der Waals surface area contributed by atoms with Gasteiger partial charge >= 0.3 is 0 Å². The van der Waals surface area contributed by atoms with Gasteiger partial charge in [-0.3, -0.25) is 0 Å². The lowest BCUT2D eigenvalue weighted by Crippen LogP contribution is -2.24. The first kappa shape index (κ1) is 21.7. The second-order valence-corrected chi connectivity index (χ2v) is 8.18. The molecule has 0 saturated carbocycles. The largest absolute Gasteiger partial charge is 0.381 e. The molecule has 3 heteroatoms. The molecule has 0 bridgehead atoms. The van der Waals surface area contributed by atoms with Gasteiger partial charge in [-0.1, -0.05) is 67.6 Å². The first-order valence-electron chi connectivity index (χ1n) is 11.0. The fourth-order valence-corrected chi connectivity index (χ4v) is 4.66. The lowest BCUT2D eigenvalue weighted by molar-refractivity contribution is 0.512. The molecule has 4 rings (SSSR count). The van der Waals surface area contributed by atoms with Gasteiger partial charge < -0.3 is 10.2 Å². The number of nitrogens with zero attached hydrogens (tertiary/aromatic N) is 1. The zero-order valence-electron chi connectivity index (χ0n) is 19.2. The molecule has 2 aliphatic rings. The van der Waals surface area contributed by atoms with Crippen LogP contribution < -0.4 is 5.32 Å². The van der Waals surface area contributed by atoms with E-state index in [1.165, 1.54) is 33.4 Å². The molecule has 2 nitrogen and oxygen atoms in total. The van der Waals surface area contributed by atoms with Gasteiger partial charge in [-0.2, -0.15) is 0 Å². The maximum absolute atomic E-state index is 15.1. The van der Waals surface area contributed by atoms with Crippen LogP contribution in [-0.2, 0) is 0 Å². The fraction of sp³-hybridized carbons (Fsp3) is 0.207. The summed E-state index contributed by atoms with van der Waals surface area (Å²) in [5.41, 5.74) is 13.4. The first-order chi connectivity index (χ1) is 15.5. The highest BCUT2D eigenvalue weighted by molar-refractivity contribution is 5.85. The zero-order chi connectivity index (χ0) is 22.8. The number of rotatable bonds is 5. The number of allylic oxidation sites excluding steroid dienone is 5. The Hall–Kier alpha value is -3.55. The molecule has 0 fully saturated rings. The molecule has 0 saturated heterocycles. The molecule has 164 valence electrons. The van der Waals surface area contributed by atoms with Crippen LogP contribution in [-0.4, -0.2) is 11.9 Å². The summed E-state index contributed by atoms with van der Waals surface area (Å²) < 4.78 is 15.1. The number of nitrogens with one attached hydrogen (secondary N) is 1. The number of hydrogen-bond acceptors (Lipinski definition) is 2. The molecular weight excluding hydrogens is 395 g/mol. The van der Waals surface area contributed by atoms with Crippen LogP contribution in [0.4, 0.5) is 4.39 Å². The van der Waals surface area contributed by atoms with Crippen molar-refractivity contribution in [1.29, 1.82) is 0 Å². The predicted molar refractivity (Wildman–Crippen MR) is 134 cm³/mol. The minimum atomic E-state index is -0.294. The molecule has 0 spiro atoms. The van der Waals surface area contributed by atoms with E-state index in [1.54, 1.807) is 13.2 Å². The number of hydrogen-bond donors (Lipinski definition) is 1. The van der Waals surface area contributed by atoms with Gasteiger partial charge in [-0.05, 0) is 60.6 Å². The number of fused-ring (bicyclic) bond motifs is 1. The molecule has 32 heavy (non-hydrogen) atoms. The van der Waals surface area contributed by atoms with E-state index in [1.807, 2.05) is 11.0 Å². The molecule has 0 amide bonds. The molecular formula is C29H31FN2. The Morgan fingerprint density at radius 3 is 2.56 bits per heavy atom. The van der Waals surface area contributed by atoms with Crippen molar-refractivity contribution in [3.05, 3.63) is 118 Å². The Labute approximate surface area is 192 Å². The monoisotopic (exact) mass is 426 g/mol. The smallest absolute Gasteiger partial charge is 0.149 e. The molecule has 2 aliphatic heterocycles. The lowest BCUT2D eigenvalue weighted by Gasteiger charge is -2.34. The van der Waals surface area contributed by atoms with Gasteiger partial charge in [0.25, 0.3) is 0 Å². The third-order valence-electron chi connectivity index (χ3n) is 6.18. The van der Waals surface area contributed by atoms with Crippen LogP contribution in [0.3, 0.4) is 0 Å². The van der Waals surface area contributed by atoms with Gasteiger partial charge in [-0.15, -0.1) is 5.73 Å². The van der Waals surface area contributed by atoms with Crippen LogP contribution in [0.25, 0.3) is 16.7 Å². The highest BCUT2D eigenvalue weighted by atomic mass is 19.1. The Morgan fingerprint density at radius 2 is 1.91 bits per heavy atom. The Bertz CT molecular complexity index is 1260. The third kappa shape index (κ3) is 3.77. The molecule has 0 atom stereocenters. The normalized spacial score (nSPS) is 15.4. The van der Waals surface area contributed by atoms with E-state index in [4.69, 9.17) is 0 Å². The standard InChI is InChI=1S/C29H29FN2.H2/c1-6-28(31-5)26-17-21-13-15-25(29(7-2)32(21)18-27(26)30)24-11-9-8-10-23(24)22-14-12-19(3)16-20(22)4;/h8-14,16-18,31H,1,7,15H2,2-5H3;1H. The first-order valence-corrected chi connectivity index (χ1v) is 11.0. The van der Waals surface area contributed by atoms with Crippen LogP contribution in [0.1, 0.15) is 37.9 Å². The topological polar surface area (TPSA) is 15.3 Å².